The Morgan fingerprint density at radius 1 is 1.25 bits per heavy atom. The van der Waals surface area contributed by atoms with Crippen molar-refractivity contribution in [2.45, 2.75) is 5.88 Å². The summed E-state index contributed by atoms with van der Waals surface area (Å²) in [7, 11) is 0. The molecule has 4 heteroatoms. The van der Waals surface area contributed by atoms with Crippen LogP contribution in [0.3, 0.4) is 0 Å². The van der Waals surface area contributed by atoms with Gasteiger partial charge in [0.1, 0.15) is 0 Å². The molecule has 0 atom stereocenters. The lowest BCUT2D eigenvalue weighted by molar-refractivity contribution is 0.464. The first kappa shape index (κ1) is 10.8. The van der Waals surface area contributed by atoms with Gasteiger partial charge < -0.3 is 9.67 Å². The fourth-order valence-corrected chi connectivity index (χ4v) is 1.70. The number of para-hydroxylation sites is 1. The first-order valence-corrected chi connectivity index (χ1v) is 5.32. The maximum Gasteiger partial charge on any atom is 0.223 e. The van der Waals surface area contributed by atoms with E-state index < -0.39 is 5.43 Å². The summed E-state index contributed by atoms with van der Waals surface area (Å²) in [5, 5.41) is 9.40. The van der Waals surface area contributed by atoms with Crippen LogP contribution in [0.15, 0.2) is 47.4 Å². The zero-order chi connectivity index (χ0) is 11.5. The lowest BCUT2D eigenvalue weighted by Crippen LogP contribution is -2.09. The molecule has 2 rings (SSSR count). The number of nitrogens with zero attached hydrogens (tertiary/aromatic N) is 1. The predicted octanol–water partition coefficient (Wildman–Crippen LogP) is 2.28. The summed E-state index contributed by atoms with van der Waals surface area (Å²) in [5.41, 5.74) is 1.09. The van der Waals surface area contributed by atoms with Gasteiger partial charge in [0.25, 0.3) is 0 Å². The molecule has 0 amide bonds. The molecule has 1 N–H and O–H groups in total. The first-order valence-electron chi connectivity index (χ1n) is 4.78. The molecule has 0 fully saturated rings. The van der Waals surface area contributed by atoms with Crippen molar-refractivity contribution in [2.75, 3.05) is 0 Å². The van der Waals surface area contributed by atoms with Crippen LogP contribution in [-0.4, -0.2) is 9.67 Å². The standard InChI is InChI=1S/C12H10ClNO2/c13-7-10-6-11(15)12(16)8-14(10)9-4-2-1-3-5-9/h1-6,8,16H,7H2. The second-order valence-corrected chi connectivity index (χ2v) is 3.62. The van der Waals surface area contributed by atoms with Gasteiger partial charge in [-0.25, -0.2) is 0 Å². The van der Waals surface area contributed by atoms with E-state index in [-0.39, 0.29) is 11.6 Å². The molecular weight excluding hydrogens is 226 g/mol. The molecule has 0 spiro atoms. The Bertz CT molecular complexity index is 549. The summed E-state index contributed by atoms with van der Waals surface area (Å²) < 4.78 is 1.70. The zero-order valence-electron chi connectivity index (χ0n) is 8.43. The van der Waals surface area contributed by atoms with Gasteiger partial charge in [-0.15, -0.1) is 11.6 Å². The minimum Gasteiger partial charge on any atom is -0.503 e. The largest absolute Gasteiger partial charge is 0.503 e. The highest BCUT2D eigenvalue weighted by molar-refractivity contribution is 6.16. The summed E-state index contributed by atoms with van der Waals surface area (Å²) in [6, 6.07) is 10.7. The second kappa shape index (κ2) is 4.41. The molecule has 0 saturated carbocycles. The number of hydrogen-bond acceptors (Lipinski definition) is 2. The van der Waals surface area contributed by atoms with E-state index in [4.69, 9.17) is 11.6 Å². The van der Waals surface area contributed by atoms with Gasteiger partial charge in [-0.3, -0.25) is 4.79 Å². The minimum absolute atomic E-state index is 0.213. The van der Waals surface area contributed by atoms with Gasteiger partial charge >= 0.3 is 0 Å². The minimum atomic E-state index is -0.414. The van der Waals surface area contributed by atoms with Crippen molar-refractivity contribution in [3.8, 4) is 11.4 Å². The normalized spacial score (nSPS) is 10.3. The number of halogens is 1. The van der Waals surface area contributed by atoms with Crippen LogP contribution < -0.4 is 5.43 Å². The Hall–Kier alpha value is -1.74. The summed E-state index contributed by atoms with van der Waals surface area (Å²) in [6.07, 6.45) is 1.38. The Morgan fingerprint density at radius 2 is 1.94 bits per heavy atom. The molecular formula is C12H10ClNO2. The maximum absolute atomic E-state index is 11.3. The molecule has 0 aliphatic heterocycles. The Labute approximate surface area is 97.5 Å². The van der Waals surface area contributed by atoms with Crippen LogP contribution >= 0.6 is 11.6 Å². The van der Waals surface area contributed by atoms with Gasteiger partial charge in [0.05, 0.1) is 12.1 Å². The number of pyridine rings is 1. The molecule has 3 nitrogen and oxygen atoms in total. The topological polar surface area (TPSA) is 42.2 Å². The van der Waals surface area contributed by atoms with Crippen molar-refractivity contribution in [3.63, 3.8) is 0 Å². The van der Waals surface area contributed by atoms with Crippen LogP contribution in [-0.2, 0) is 5.88 Å². The van der Waals surface area contributed by atoms with E-state index in [2.05, 4.69) is 0 Å². The van der Waals surface area contributed by atoms with Crippen LogP contribution in [0.25, 0.3) is 5.69 Å². The van der Waals surface area contributed by atoms with E-state index in [9.17, 15) is 9.90 Å². The lowest BCUT2D eigenvalue weighted by atomic mass is 10.2. The molecule has 1 aromatic heterocycles. The lowest BCUT2D eigenvalue weighted by Gasteiger charge is -2.11. The van der Waals surface area contributed by atoms with E-state index in [0.717, 1.165) is 5.69 Å². The Balaban J connectivity index is 2.65. The summed E-state index contributed by atoms with van der Waals surface area (Å²) in [4.78, 5) is 11.3. The van der Waals surface area contributed by atoms with Crippen LogP contribution in [0.5, 0.6) is 5.75 Å². The van der Waals surface area contributed by atoms with E-state index >= 15 is 0 Å². The van der Waals surface area contributed by atoms with Crippen molar-refractivity contribution in [3.05, 3.63) is 58.5 Å². The van der Waals surface area contributed by atoms with Gasteiger partial charge in [-0.05, 0) is 12.1 Å². The number of hydrogen-bond donors (Lipinski definition) is 1. The SMILES string of the molecule is O=c1cc(CCl)n(-c2ccccc2)cc1O. The molecule has 2 aromatic rings. The second-order valence-electron chi connectivity index (χ2n) is 3.35. The molecule has 0 bridgehead atoms. The van der Waals surface area contributed by atoms with Gasteiger partial charge in [0.15, 0.2) is 5.75 Å². The van der Waals surface area contributed by atoms with Crippen molar-refractivity contribution in [1.82, 2.24) is 4.57 Å². The average molecular weight is 236 g/mol. The highest BCUT2D eigenvalue weighted by Gasteiger charge is 2.06. The van der Waals surface area contributed by atoms with Crippen molar-refractivity contribution in [2.24, 2.45) is 0 Å². The van der Waals surface area contributed by atoms with E-state index in [1.165, 1.54) is 12.3 Å². The van der Waals surface area contributed by atoms with E-state index in [1.807, 2.05) is 30.3 Å². The average Bonchev–Trinajstić information content (AvgIpc) is 2.33. The highest BCUT2D eigenvalue weighted by Crippen LogP contribution is 2.14. The third-order valence-electron chi connectivity index (χ3n) is 2.28. The molecule has 1 heterocycles. The summed E-state index contributed by atoms with van der Waals surface area (Å²) >= 11 is 5.76. The first-order chi connectivity index (χ1) is 7.72. The maximum atomic E-state index is 11.3. The fourth-order valence-electron chi connectivity index (χ4n) is 1.50. The van der Waals surface area contributed by atoms with E-state index in [1.54, 1.807) is 4.57 Å². The van der Waals surface area contributed by atoms with Crippen molar-refractivity contribution >= 4 is 11.6 Å². The molecule has 0 saturated heterocycles. The number of rotatable bonds is 2. The summed E-state index contributed by atoms with van der Waals surface area (Å²) in [6.45, 7) is 0. The van der Waals surface area contributed by atoms with Gasteiger partial charge in [-0.1, -0.05) is 18.2 Å². The van der Waals surface area contributed by atoms with Crippen molar-refractivity contribution in [1.29, 1.82) is 0 Å². The van der Waals surface area contributed by atoms with Gasteiger partial charge in [0.2, 0.25) is 5.43 Å². The highest BCUT2D eigenvalue weighted by atomic mass is 35.5. The summed E-state index contributed by atoms with van der Waals surface area (Å²) in [5.74, 6) is -0.0672. The Morgan fingerprint density at radius 3 is 2.56 bits per heavy atom. The molecule has 0 aliphatic rings. The monoisotopic (exact) mass is 235 g/mol. The van der Waals surface area contributed by atoms with Crippen molar-refractivity contribution < 1.29 is 5.11 Å². The number of alkyl halides is 1. The van der Waals surface area contributed by atoms with E-state index in [0.29, 0.717) is 5.69 Å². The third-order valence-corrected chi connectivity index (χ3v) is 2.56. The number of benzene rings is 1. The predicted molar refractivity (Wildman–Crippen MR) is 63.3 cm³/mol. The molecule has 0 aliphatic carbocycles. The van der Waals surface area contributed by atoms with Crippen LogP contribution in [0.2, 0.25) is 0 Å². The zero-order valence-corrected chi connectivity index (χ0v) is 9.19. The molecule has 16 heavy (non-hydrogen) atoms. The molecule has 0 radical (unpaired) electrons. The van der Waals surface area contributed by atoms with Crippen LogP contribution in [0.4, 0.5) is 0 Å². The smallest absolute Gasteiger partial charge is 0.223 e. The number of aromatic hydroxyl groups is 1. The quantitative estimate of drug-likeness (QED) is 0.812. The fraction of sp³-hybridized carbons (Fsp3) is 0.0833. The molecule has 1 aromatic carbocycles. The van der Waals surface area contributed by atoms with Crippen LogP contribution in [0.1, 0.15) is 5.69 Å². The van der Waals surface area contributed by atoms with Crippen LogP contribution in [0, 0.1) is 0 Å². The molecule has 0 unspecified atom stereocenters. The number of aromatic nitrogens is 1. The third kappa shape index (κ3) is 1.95. The molecule has 82 valence electrons. The van der Waals surface area contributed by atoms with Gasteiger partial charge in [0, 0.05) is 17.4 Å². The Kier molecular flexibility index (Phi) is 2.97. The van der Waals surface area contributed by atoms with Gasteiger partial charge in [-0.2, -0.15) is 0 Å².